The maximum atomic E-state index is 11.7. The van der Waals surface area contributed by atoms with Crippen LogP contribution >= 0.6 is 0 Å². The number of aryl methyl sites for hydroxylation is 1. The summed E-state index contributed by atoms with van der Waals surface area (Å²) < 4.78 is 10.6. The summed E-state index contributed by atoms with van der Waals surface area (Å²) in [5, 5.41) is 13.5. The van der Waals surface area contributed by atoms with E-state index in [1.807, 2.05) is 26.0 Å². The fourth-order valence-corrected chi connectivity index (χ4v) is 1.88. The van der Waals surface area contributed by atoms with Crippen LogP contribution < -0.4 is 14.9 Å². The van der Waals surface area contributed by atoms with Gasteiger partial charge in [-0.25, -0.2) is 5.43 Å². The first kappa shape index (κ1) is 17.3. The summed E-state index contributed by atoms with van der Waals surface area (Å²) in [7, 11) is 0. The van der Waals surface area contributed by atoms with Crippen molar-refractivity contribution in [1.82, 2.24) is 5.43 Å². The number of nitrogens with one attached hydrogen (secondary N) is 1. The van der Waals surface area contributed by atoms with E-state index in [-0.39, 0.29) is 18.3 Å². The summed E-state index contributed by atoms with van der Waals surface area (Å²) in [6.45, 7) is 4.13. The van der Waals surface area contributed by atoms with Gasteiger partial charge in [-0.15, -0.1) is 0 Å². The zero-order valence-corrected chi connectivity index (χ0v) is 13.7. The van der Waals surface area contributed by atoms with Crippen molar-refractivity contribution in [3.05, 3.63) is 53.6 Å². The number of rotatable bonds is 7. The van der Waals surface area contributed by atoms with E-state index in [9.17, 15) is 9.90 Å². The molecule has 6 heteroatoms. The minimum atomic E-state index is -0.365. The van der Waals surface area contributed by atoms with E-state index in [0.717, 1.165) is 5.56 Å². The third-order valence-corrected chi connectivity index (χ3v) is 3.08. The second kappa shape index (κ2) is 8.57. The van der Waals surface area contributed by atoms with Crippen molar-refractivity contribution in [2.24, 2.45) is 5.10 Å². The normalized spacial score (nSPS) is 10.6. The van der Waals surface area contributed by atoms with Gasteiger partial charge in [0.25, 0.3) is 5.91 Å². The van der Waals surface area contributed by atoms with Crippen molar-refractivity contribution in [1.29, 1.82) is 0 Å². The monoisotopic (exact) mass is 328 g/mol. The molecule has 0 aliphatic rings. The van der Waals surface area contributed by atoms with Crippen LogP contribution in [-0.4, -0.2) is 30.4 Å². The molecule has 0 fully saturated rings. The van der Waals surface area contributed by atoms with Crippen LogP contribution in [0.2, 0.25) is 0 Å². The zero-order chi connectivity index (χ0) is 17.4. The third-order valence-electron chi connectivity index (χ3n) is 3.08. The van der Waals surface area contributed by atoms with Gasteiger partial charge in [0.05, 0.1) is 12.8 Å². The van der Waals surface area contributed by atoms with Gasteiger partial charge in [0, 0.05) is 0 Å². The summed E-state index contributed by atoms with van der Waals surface area (Å²) in [6.07, 6.45) is 1.46. The largest absolute Gasteiger partial charge is 0.504 e. The van der Waals surface area contributed by atoms with Gasteiger partial charge in [-0.3, -0.25) is 4.79 Å². The zero-order valence-electron chi connectivity index (χ0n) is 13.7. The Morgan fingerprint density at radius 3 is 2.67 bits per heavy atom. The van der Waals surface area contributed by atoms with Crippen LogP contribution in [0.25, 0.3) is 0 Å². The molecule has 2 N–H and O–H groups in total. The van der Waals surface area contributed by atoms with Crippen LogP contribution in [0.3, 0.4) is 0 Å². The average Bonchev–Trinajstić information content (AvgIpc) is 2.57. The number of benzene rings is 2. The van der Waals surface area contributed by atoms with Gasteiger partial charge < -0.3 is 14.6 Å². The van der Waals surface area contributed by atoms with Gasteiger partial charge in [0.2, 0.25) is 0 Å². The summed E-state index contributed by atoms with van der Waals surface area (Å²) in [5.74, 6) is 0.690. The molecule has 2 aromatic rings. The Morgan fingerprint density at radius 2 is 1.96 bits per heavy atom. The first-order valence-corrected chi connectivity index (χ1v) is 7.55. The van der Waals surface area contributed by atoms with Crippen molar-refractivity contribution < 1.29 is 19.4 Å². The number of carbonyl (C=O) groups excluding carboxylic acids is 1. The SMILES string of the molecule is CCOc1cc(C=NNC(=O)COc2ccc(C)cc2)ccc1O. The summed E-state index contributed by atoms with van der Waals surface area (Å²) >= 11 is 0. The number of carbonyl (C=O) groups is 1. The Balaban J connectivity index is 1.83. The molecule has 0 aliphatic carbocycles. The van der Waals surface area contributed by atoms with Crippen molar-refractivity contribution in [2.45, 2.75) is 13.8 Å². The smallest absolute Gasteiger partial charge is 0.277 e. The lowest BCUT2D eigenvalue weighted by Crippen LogP contribution is -2.24. The maximum absolute atomic E-state index is 11.7. The Morgan fingerprint density at radius 1 is 1.21 bits per heavy atom. The number of nitrogens with zero attached hydrogens (tertiary/aromatic N) is 1. The number of hydrogen-bond donors (Lipinski definition) is 2. The summed E-state index contributed by atoms with van der Waals surface area (Å²) in [4.78, 5) is 11.7. The fraction of sp³-hybridized carbons (Fsp3) is 0.222. The molecule has 2 aromatic carbocycles. The maximum Gasteiger partial charge on any atom is 0.277 e. The van der Waals surface area contributed by atoms with Gasteiger partial charge >= 0.3 is 0 Å². The van der Waals surface area contributed by atoms with Gasteiger partial charge in [0.15, 0.2) is 18.1 Å². The lowest BCUT2D eigenvalue weighted by molar-refractivity contribution is -0.123. The van der Waals surface area contributed by atoms with Crippen LogP contribution in [-0.2, 0) is 4.79 Å². The fourth-order valence-electron chi connectivity index (χ4n) is 1.88. The molecule has 0 saturated carbocycles. The van der Waals surface area contributed by atoms with Crippen molar-refractivity contribution in [3.63, 3.8) is 0 Å². The first-order valence-electron chi connectivity index (χ1n) is 7.55. The highest BCUT2D eigenvalue weighted by molar-refractivity contribution is 5.83. The second-order valence-corrected chi connectivity index (χ2v) is 5.06. The first-order chi connectivity index (χ1) is 11.6. The quantitative estimate of drug-likeness (QED) is 0.605. The summed E-state index contributed by atoms with van der Waals surface area (Å²) in [5.41, 5.74) is 4.19. The number of aromatic hydroxyl groups is 1. The predicted molar refractivity (Wildman–Crippen MR) is 91.7 cm³/mol. The Labute approximate surface area is 140 Å². The number of hydrogen-bond acceptors (Lipinski definition) is 5. The molecule has 0 saturated heterocycles. The molecule has 0 heterocycles. The lowest BCUT2D eigenvalue weighted by Gasteiger charge is -2.06. The number of phenolic OH excluding ortho intramolecular Hbond substituents is 1. The van der Waals surface area contributed by atoms with Crippen molar-refractivity contribution in [2.75, 3.05) is 13.2 Å². The molecular formula is C18H20N2O4. The van der Waals surface area contributed by atoms with Gasteiger partial charge in [-0.2, -0.15) is 5.10 Å². The number of phenols is 1. The highest BCUT2D eigenvalue weighted by atomic mass is 16.5. The van der Waals surface area contributed by atoms with Gasteiger partial charge in [-0.1, -0.05) is 17.7 Å². The molecule has 126 valence electrons. The van der Waals surface area contributed by atoms with E-state index in [1.165, 1.54) is 12.3 Å². The van der Waals surface area contributed by atoms with Crippen LogP contribution in [0.15, 0.2) is 47.6 Å². The van der Waals surface area contributed by atoms with Crippen molar-refractivity contribution >= 4 is 12.1 Å². The van der Waals surface area contributed by atoms with Gasteiger partial charge in [0.1, 0.15) is 5.75 Å². The van der Waals surface area contributed by atoms with Crippen LogP contribution in [0.5, 0.6) is 17.2 Å². The van der Waals surface area contributed by atoms with Gasteiger partial charge in [-0.05, 0) is 49.7 Å². The minimum Gasteiger partial charge on any atom is -0.504 e. The molecular weight excluding hydrogens is 308 g/mol. The summed E-state index contributed by atoms with van der Waals surface area (Å²) in [6, 6.07) is 12.2. The molecule has 0 aliphatic heterocycles. The topological polar surface area (TPSA) is 80.2 Å². The molecule has 0 aromatic heterocycles. The molecule has 1 amide bonds. The molecule has 2 rings (SSSR count). The predicted octanol–water partition coefficient (Wildman–Crippen LogP) is 2.63. The molecule has 0 bridgehead atoms. The molecule has 0 unspecified atom stereocenters. The van der Waals surface area contributed by atoms with E-state index in [1.54, 1.807) is 24.3 Å². The van der Waals surface area contributed by atoms with Crippen molar-refractivity contribution in [3.8, 4) is 17.2 Å². The molecule has 0 radical (unpaired) electrons. The van der Waals surface area contributed by atoms with Crippen LogP contribution in [0.1, 0.15) is 18.1 Å². The highest BCUT2D eigenvalue weighted by Gasteiger charge is 2.03. The Bertz CT molecular complexity index is 711. The Hall–Kier alpha value is -3.02. The molecule has 0 spiro atoms. The molecule has 0 atom stereocenters. The Kier molecular flexibility index (Phi) is 6.19. The van der Waals surface area contributed by atoms with Crippen LogP contribution in [0.4, 0.5) is 0 Å². The van der Waals surface area contributed by atoms with E-state index in [2.05, 4.69) is 10.5 Å². The van der Waals surface area contributed by atoms with Crippen LogP contribution in [0, 0.1) is 6.92 Å². The molecule has 24 heavy (non-hydrogen) atoms. The minimum absolute atomic E-state index is 0.0598. The standard InChI is InChI=1S/C18H20N2O4/c1-3-23-17-10-14(6-9-16(17)21)11-19-20-18(22)12-24-15-7-4-13(2)5-8-15/h4-11,21H,3,12H2,1-2H3,(H,20,22). The average molecular weight is 328 g/mol. The number of hydrazone groups is 1. The van der Waals surface area contributed by atoms with E-state index in [4.69, 9.17) is 9.47 Å². The number of amides is 1. The van der Waals surface area contributed by atoms with E-state index >= 15 is 0 Å². The van der Waals surface area contributed by atoms with E-state index in [0.29, 0.717) is 23.7 Å². The molecule has 6 nitrogen and oxygen atoms in total. The number of ether oxygens (including phenoxy) is 2. The second-order valence-electron chi connectivity index (χ2n) is 5.06. The van der Waals surface area contributed by atoms with E-state index < -0.39 is 0 Å². The third kappa shape index (κ3) is 5.31. The highest BCUT2D eigenvalue weighted by Crippen LogP contribution is 2.26. The lowest BCUT2D eigenvalue weighted by atomic mass is 10.2.